The van der Waals surface area contributed by atoms with Crippen LogP contribution in [-0.4, -0.2) is 31.1 Å². The van der Waals surface area contributed by atoms with Gasteiger partial charge >= 0.3 is 0 Å². The van der Waals surface area contributed by atoms with Gasteiger partial charge in [0.15, 0.2) is 0 Å². The predicted molar refractivity (Wildman–Crippen MR) is 92.5 cm³/mol. The van der Waals surface area contributed by atoms with Crippen molar-refractivity contribution in [3.63, 3.8) is 0 Å². The maximum absolute atomic E-state index is 14.4. The molecule has 1 N–H and O–H groups in total. The highest BCUT2D eigenvalue weighted by atomic mass is 35.5. The van der Waals surface area contributed by atoms with Crippen molar-refractivity contribution in [2.75, 3.05) is 26.2 Å². The number of piperazine rings is 1. The Bertz CT molecular complexity index is 486. The molecule has 7 heteroatoms. The number of hydrogen-bond acceptors (Lipinski definition) is 2. The quantitative estimate of drug-likeness (QED) is 0.768. The largest absolute Gasteiger partial charge is 0.314 e. The minimum absolute atomic E-state index is 0. The third-order valence-corrected chi connectivity index (χ3v) is 3.98. The highest BCUT2D eigenvalue weighted by molar-refractivity contribution is 6.30. The molecule has 0 bridgehead atoms. The first-order valence-corrected chi connectivity index (χ1v) is 7.28. The molecular weight excluding hydrogens is 353 g/mol. The summed E-state index contributed by atoms with van der Waals surface area (Å²) in [6.45, 7) is 9.20. The normalized spacial score (nSPS) is 17.4. The van der Waals surface area contributed by atoms with Crippen LogP contribution in [0.5, 0.6) is 0 Å². The minimum Gasteiger partial charge on any atom is -0.314 e. The fraction of sp³-hybridized carbons (Fsp3) is 0.600. The van der Waals surface area contributed by atoms with Gasteiger partial charge in [0.1, 0.15) is 11.6 Å². The van der Waals surface area contributed by atoms with Crippen molar-refractivity contribution in [2.45, 2.75) is 26.8 Å². The van der Waals surface area contributed by atoms with Gasteiger partial charge < -0.3 is 5.32 Å². The molecule has 1 aromatic carbocycles. The number of rotatable bonds is 2. The van der Waals surface area contributed by atoms with Gasteiger partial charge in [-0.1, -0.05) is 32.4 Å². The van der Waals surface area contributed by atoms with Crippen LogP contribution >= 0.6 is 36.4 Å². The lowest BCUT2D eigenvalue weighted by Gasteiger charge is -2.42. The van der Waals surface area contributed by atoms with E-state index in [1.165, 1.54) is 12.1 Å². The topological polar surface area (TPSA) is 15.3 Å². The summed E-state index contributed by atoms with van der Waals surface area (Å²) in [5.41, 5.74) is -0.198. The van der Waals surface area contributed by atoms with Crippen LogP contribution < -0.4 is 5.32 Å². The third kappa shape index (κ3) is 4.68. The van der Waals surface area contributed by atoms with Crippen LogP contribution in [0.2, 0.25) is 5.02 Å². The molecule has 1 aliphatic heterocycles. The van der Waals surface area contributed by atoms with E-state index in [9.17, 15) is 8.78 Å². The molecule has 1 aliphatic rings. The van der Waals surface area contributed by atoms with Crippen molar-refractivity contribution in [3.05, 3.63) is 34.4 Å². The van der Waals surface area contributed by atoms with E-state index in [2.05, 4.69) is 10.2 Å². The molecule has 128 valence electrons. The number of nitrogens with one attached hydrogen (secondary N) is 1. The second-order valence-electron chi connectivity index (χ2n) is 6.31. The summed E-state index contributed by atoms with van der Waals surface area (Å²) >= 11 is 5.85. The smallest absolute Gasteiger partial charge is 0.149 e. The third-order valence-electron chi connectivity index (χ3n) is 3.69. The molecule has 1 saturated heterocycles. The van der Waals surface area contributed by atoms with Crippen LogP contribution in [0.3, 0.4) is 0 Å². The van der Waals surface area contributed by atoms with Gasteiger partial charge in [0, 0.05) is 37.8 Å². The Hall–Kier alpha value is -0.130. The minimum atomic E-state index is -0.634. The van der Waals surface area contributed by atoms with Crippen molar-refractivity contribution >= 4 is 36.4 Å². The zero-order valence-electron chi connectivity index (χ0n) is 13.0. The second-order valence-corrected chi connectivity index (χ2v) is 6.72. The van der Waals surface area contributed by atoms with Crippen molar-refractivity contribution < 1.29 is 8.78 Å². The summed E-state index contributed by atoms with van der Waals surface area (Å²) in [7, 11) is 0. The standard InChI is InChI=1S/C15H21ClF2N2.2ClH/c1-15(2,3)14(20-8-6-19-7-9-20)12-11(17)5-4-10(16)13(12)18;;/h4-5,14,19H,6-9H2,1-3H3;2*1H/t14-;;/m1../s1. The molecule has 0 amide bonds. The summed E-state index contributed by atoms with van der Waals surface area (Å²) in [6.07, 6.45) is 0. The summed E-state index contributed by atoms with van der Waals surface area (Å²) < 4.78 is 28.6. The van der Waals surface area contributed by atoms with Crippen molar-refractivity contribution in [1.82, 2.24) is 10.2 Å². The van der Waals surface area contributed by atoms with Crippen LogP contribution in [-0.2, 0) is 0 Å². The van der Waals surface area contributed by atoms with E-state index in [1.54, 1.807) is 0 Å². The molecule has 0 aliphatic carbocycles. The van der Waals surface area contributed by atoms with E-state index in [1.807, 2.05) is 20.8 Å². The van der Waals surface area contributed by atoms with E-state index in [4.69, 9.17) is 11.6 Å². The van der Waals surface area contributed by atoms with Crippen molar-refractivity contribution in [3.8, 4) is 0 Å². The fourth-order valence-corrected chi connectivity index (χ4v) is 3.06. The molecule has 0 aromatic heterocycles. The molecule has 0 unspecified atom stereocenters. The molecule has 22 heavy (non-hydrogen) atoms. The van der Waals surface area contributed by atoms with Gasteiger partial charge in [-0.05, 0) is 17.5 Å². The van der Waals surface area contributed by atoms with E-state index in [0.717, 1.165) is 26.2 Å². The monoisotopic (exact) mass is 374 g/mol. The fourth-order valence-electron chi connectivity index (χ4n) is 2.90. The van der Waals surface area contributed by atoms with E-state index in [0.29, 0.717) is 0 Å². The highest BCUT2D eigenvalue weighted by Gasteiger charge is 2.36. The summed E-state index contributed by atoms with van der Waals surface area (Å²) in [4.78, 5) is 2.13. The molecule has 2 nitrogen and oxygen atoms in total. The molecule has 1 heterocycles. The maximum Gasteiger partial charge on any atom is 0.149 e. The van der Waals surface area contributed by atoms with Crippen molar-refractivity contribution in [1.29, 1.82) is 0 Å². The molecule has 1 fully saturated rings. The number of benzene rings is 1. The van der Waals surface area contributed by atoms with Crippen LogP contribution in [0.25, 0.3) is 0 Å². The number of nitrogens with zero attached hydrogens (tertiary/aromatic N) is 1. The Morgan fingerprint density at radius 2 is 1.68 bits per heavy atom. The Morgan fingerprint density at radius 1 is 1.14 bits per heavy atom. The first kappa shape index (κ1) is 21.9. The van der Waals surface area contributed by atoms with Gasteiger partial charge in [-0.15, -0.1) is 24.8 Å². The highest BCUT2D eigenvalue weighted by Crippen LogP contribution is 2.41. The van der Waals surface area contributed by atoms with Crippen LogP contribution in [0.1, 0.15) is 32.4 Å². The molecule has 1 aromatic rings. The molecule has 0 saturated carbocycles. The zero-order valence-corrected chi connectivity index (χ0v) is 15.3. The van der Waals surface area contributed by atoms with Gasteiger partial charge in [-0.3, -0.25) is 4.90 Å². The second kappa shape index (κ2) is 8.65. The SMILES string of the molecule is CC(C)(C)[C@@H](c1c(F)ccc(Cl)c1F)N1CCNCC1.Cl.Cl. The first-order chi connectivity index (χ1) is 9.32. The number of hydrogen-bond donors (Lipinski definition) is 1. The van der Waals surface area contributed by atoms with Crippen LogP contribution in [0.15, 0.2) is 12.1 Å². The Labute approximate surface area is 148 Å². The lowest BCUT2D eigenvalue weighted by molar-refractivity contribution is 0.0804. The van der Waals surface area contributed by atoms with Gasteiger partial charge in [0.25, 0.3) is 0 Å². The summed E-state index contributed by atoms with van der Waals surface area (Å²) in [5.74, 6) is -1.16. The van der Waals surface area contributed by atoms with Crippen LogP contribution in [0.4, 0.5) is 8.78 Å². The molecule has 0 spiro atoms. The lowest BCUT2D eigenvalue weighted by Crippen LogP contribution is -2.48. The maximum atomic E-state index is 14.4. The van der Waals surface area contributed by atoms with E-state index < -0.39 is 11.6 Å². The van der Waals surface area contributed by atoms with Gasteiger partial charge in [-0.2, -0.15) is 0 Å². The van der Waals surface area contributed by atoms with Crippen molar-refractivity contribution in [2.24, 2.45) is 5.41 Å². The predicted octanol–water partition coefficient (Wildman–Crippen LogP) is 4.45. The van der Waals surface area contributed by atoms with Gasteiger partial charge in [-0.25, -0.2) is 8.78 Å². The molecule has 1 atom stereocenters. The number of halogens is 5. The Balaban J connectivity index is 0.00000220. The van der Waals surface area contributed by atoms with Gasteiger partial charge in [0.05, 0.1) is 5.02 Å². The summed E-state index contributed by atoms with van der Waals surface area (Å²) in [6, 6.07) is 2.19. The van der Waals surface area contributed by atoms with E-state index >= 15 is 0 Å². The van der Waals surface area contributed by atoms with Gasteiger partial charge in [0.2, 0.25) is 0 Å². The molecular formula is C15H23Cl3F2N2. The zero-order chi connectivity index (χ0) is 14.9. The molecule has 0 radical (unpaired) electrons. The Kier molecular flexibility index (Phi) is 8.60. The average Bonchev–Trinajstić information content (AvgIpc) is 2.39. The van der Waals surface area contributed by atoms with E-state index in [-0.39, 0.29) is 46.9 Å². The lowest BCUT2D eigenvalue weighted by atomic mass is 9.80. The average molecular weight is 376 g/mol. The van der Waals surface area contributed by atoms with Crippen LogP contribution in [0, 0.1) is 17.0 Å². The Morgan fingerprint density at radius 3 is 2.18 bits per heavy atom. The summed E-state index contributed by atoms with van der Waals surface area (Å²) in [5, 5.41) is 3.24. The molecule has 2 rings (SSSR count). The first-order valence-electron chi connectivity index (χ1n) is 6.90.